The quantitative estimate of drug-likeness (QED) is 0.917. The first-order valence-corrected chi connectivity index (χ1v) is 8.14. The second-order valence-corrected chi connectivity index (χ2v) is 6.13. The van der Waals surface area contributed by atoms with Gasteiger partial charge in [-0.3, -0.25) is 9.88 Å². The van der Waals surface area contributed by atoms with Crippen molar-refractivity contribution in [3.63, 3.8) is 0 Å². The summed E-state index contributed by atoms with van der Waals surface area (Å²) in [5.41, 5.74) is 2.31. The standard InChI is InChI=1S/C17H22ClN3/c1-2-10-21(14-7-9-19-11-14)12-13-5-6-16(18)15-4-3-8-20-17(13)15/h3-6,8,14,19H,2,7,9-12H2,1H3. The molecule has 4 heteroatoms. The molecule has 1 aliphatic rings. The van der Waals surface area contributed by atoms with Crippen LogP contribution in [0.2, 0.25) is 5.02 Å². The molecule has 0 bridgehead atoms. The van der Waals surface area contributed by atoms with Crippen LogP contribution in [-0.2, 0) is 6.54 Å². The molecule has 112 valence electrons. The van der Waals surface area contributed by atoms with E-state index < -0.39 is 0 Å². The van der Waals surface area contributed by atoms with Crippen molar-refractivity contribution in [1.29, 1.82) is 0 Å². The van der Waals surface area contributed by atoms with Crippen molar-refractivity contribution in [1.82, 2.24) is 15.2 Å². The van der Waals surface area contributed by atoms with Crippen LogP contribution in [0.5, 0.6) is 0 Å². The highest BCUT2D eigenvalue weighted by atomic mass is 35.5. The predicted molar refractivity (Wildman–Crippen MR) is 88.7 cm³/mol. The lowest BCUT2D eigenvalue weighted by atomic mass is 10.1. The molecular weight excluding hydrogens is 282 g/mol. The molecule has 1 saturated heterocycles. The molecule has 1 aromatic heterocycles. The summed E-state index contributed by atoms with van der Waals surface area (Å²) >= 11 is 6.29. The minimum Gasteiger partial charge on any atom is -0.315 e. The molecule has 0 radical (unpaired) electrons. The van der Waals surface area contributed by atoms with E-state index in [0.717, 1.165) is 42.1 Å². The molecule has 1 aliphatic heterocycles. The van der Waals surface area contributed by atoms with E-state index >= 15 is 0 Å². The van der Waals surface area contributed by atoms with Crippen LogP contribution >= 0.6 is 11.6 Å². The molecule has 2 aromatic rings. The lowest BCUT2D eigenvalue weighted by molar-refractivity contribution is 0.200. The number of nitrogens with one attached hydrogen (secondary N) is 1. The van der Waals surface area contributed by atoms with E-state index in [4.69, 9.17) is 11.6 Å². The molecule has 1 fully saturated rings. The zero-order valence-corrected chi connectivity index (χ0v) is 13.2. The number of fused-ring (bicyclic) bond motifs is 1. The summed E-state index contributed by atoms with van der Waals surface area (Å²) in [6, 6.07) is 8.76. The topological polar surface area (TPSA) is 28.2 Å². The molecule has 2 heterocycles. The predicted octanol–water partition coefficient (Wildman–Crippen LogP) is 3.46. The molecule has 21 heavy (non-hydrogen) atoms. The lowest BCUT2D eigenvalue weighted by Gasteiger charge is -2.28. The van der Waals surface area contributed by atoms with E-state index in [-0.39, 0.29) is 0 Å². The van der Waals surface area contributed by atoms with Gasteiger partial charge in [-0.15, -0.1) is 0 Å². The molecule has 0 aliphatic carbocycles. The third kappa shape index (κ3) is 3.20. The Kier molecular flexibility index (Phi) is 4.73. The highest BCUT2D eigenvalue weighted by Crippen LogP contribution is 2.26. The Morgan fingerprint density at radius 2 is 2.29 bits per heavy atom. The van der Waals surface area contributed by atoms with Crippen molar-refractivity contribution >= 4 is 22.5 Å². The van der Waals surface area contributed by atoms with Gasteiger partial charge in [0.1, 0.15) is 0 Å². The van der Waals surface area contributed by atoms with Gasteiger partial charge in [-0.2, -0.15) is 0 Å². The summed E-state index contributed by atoms with van der Waals surface area (Å²) in [5.74, 6) is 0. The number of halogens is 1. The van der Waals surface area contributed by atoms with E-state index in [0.29, 0.717) is 6.04 Å². The SMILES string of the molecule is CCCN(Cc1ccc(Cl)c2cccnc12)C1CCNC1. The molecule has 3 nitrogen and oxygen atoms in total. The van der Waals surface area contributed by atoms with Crippen LogP contribution < -0.4 is 5.32 Å². The maximum atomic E-state index is 6.29. The molecule has 3 rings (SSSR count). The molecule has 1 aromatic carbocycles. The second-order valence-electron chi connectivity index (χ2n) is 5.72. The Labute approximate surface area is 131 Å². The third-order valence-corrected chi connectivity index (χ3v) is 4.56. The Bertz CT molecular complexity index is 608. The van der Waals surface area contributed by atoms with E-state index in [1.165, 1.54) is 18.4 Å². The van der Waals surface area contributed by atoms with E-state index in [9.17, 15) is 0 Å². The van der Waals surface area contributed by atoms with E-state index in [2.05, 4.69) is 34.3 Å². The monoisotopic (exact) mass is 303 g/mol. The Hall–Kier alpha value is -1.16. The number of hydrogen-bond donors (Lipinski definition) is 1. The lowest BCUT2D eigenvalue weighted by Crippen LogP contribution is -2.37. The van der Waals surface area contributed by atoms with Gasteiger partial charge in [0, 0.05) is 35.7 Å². The van der Waals surface area contributed by atoms with Crippen molar-refractivity contribution in [2.24, 2.45) is 0 Å². The third-order valence-electron chi connectivity index (χ3n) is 4.23. The molecule has 1 atom stereocenters. The smallest absolute Gasteiger partial charge is 0.0761 e. The first-order chi connectivity index (χ1) is 10.3. The normalized spacial score (nSPS) is 18.7. The molecule has 0 amide bonds. The van der Waals surface area contributed by atoms with Crippen LogP contribution in [0.3, 0.4) is 0 Å². The van der Waals surface area contributed by atoms with Gasteiger partial charge in [0.15, 0.2) is 0 Å². The van der Waals surface area contributed by atoms with Crippen molar-refractivity contribution < 1.29 is 0 Å². The number of pyridine rings is 1. The van der Waals surface area contributed by atoms with Crippen molar-refractivity contribution in [2.75, 3.05) is 19.6 Å². The molecule has 0 saturated carbocycles. The van der Waals surface area contributed by atoms with Gasteiger partial charge < -0.3 is 5.32 Å². The number of hydrogen-bond acceptors (Lipinski definition) is 3. The Balaban J connectivity index is 1.90. The average Bonchev–Trinajstić information content (AvgIpc) is 3.04. The summed E-state index contributed by atoms with van der Waals surface area (Å²) in [5, 5.41) is 5.30. The maximum absolute atomic E-state index is 6.29. The van der Waals surface area contributed by atoms with Gasteiger partial charge in [-0.25, -0.2) is 0 Å². The van der Waals surface area contributed by atoms with Gasteiger partial charge in [0.25, 0.3) is 0 Å². The summed E-state index contributed by atoms with van der Waals surface area (Å²) < 4.78 is 0. The Morgan fingerprint density at radius 3 is 3.05 bits per heavy atom. The number of nitrogens with zero attached hydrogens (tertiary/aromatic N) is 2. The van der Waals surface area contributed by atoms with Gasteiger partial charge >= 0.3 is 0 Å². The molecule has 0 spiro atoms. The zero-order valence-electron chi connectivity index (χ0n) is 12.5. The highest BCUT2D eigenvalue weighted by molar-refractivity contribution is 6.35. The molecular formula is C17H22ClN3. The first-order valence-electron chi connectivity index (χ1n) is 7.76. The fraction of sp³-hybridized carbons (Fsp3) is 0.471. The van der Waals surface area contributed by atoms with E-state index in [1.54, 1.807) is 0 Å². The zero-order chi connectivity index (χ0) is 14.7. The van der Waals surface area contributed by atoms with Gasteiger partial charge in [0.2, 0.25) is 0 Å². The second kappa shape index (κ2) is 6.73. The highest BCUT2D eigenvalue weighted by Gasteiger charge is 2.22. The fourth-order valence-electron chi connectivity index (χ4n) is 3.17. The van der Waals surface area contributed by atoms with Gasteiger partial charge in [-0.05, 0) is 49.7 Å². The fourth-order valence-corrected chi connectivity index (χ4v) is 3.39. The summed E-state index contributed by atoms with van der Waals surface area (Å²) in [6.45, 7) is 6.55. The van der Waals surface area contributed by atoms with Crippen molar-refractivity contribution in [2.45, 2.75) is 32.4 Å². The molecule has 1 unspecified atom stereocenters. The summed E-state index contributed by atoms with van der Waals surface area (Å²) in [7, 11) is 0. The first kappa shape index (κ1) is 14.8. The van der Waals surface area contributed by atoms with Crippen molar-refractivity contribution in [3.05, 3.63) is 41.0 Å². The van der Waals surface area contributed by atoms with Crippen LogP contribution in [0.1, 0.15) is 25.3 Å². The Morgan fingerprint density at radius 1 is 1.38 bits per heavy atom. The van der Waals surface area contributed by atoms with E-state index in [1.807, 2.05) is 18.3 Å². The average molecular weight is 304 g/mol. The largest absolute Gasteiger partial charge is 0.315 e. The maximum Gasteiger partial charge on any atom is 0.0761 e. The number of rotatable bonds is 5. The number of benzene rings is 1. The van der Waals surface area contributed by atoms with Gasteiger partial charge in [0.05, 0.1) is 5.52 Å². The minimum absolute atomic E-state index is 0.638. The van der Waals surface area contributed by atoms with Crippen LogP contribution in [-0.4, -0.2) is 35.6 Å². The minimum atomic E-state index is 0.638. The summed E-state index contributed by atoms with van der Waals surface area (Å²) in [4.78, 5) is 7.14. The number of aromatic nitrogens is 1. The van der Waals surface area contributed by atoms with Gasteiger partial charge in [-0.1, -0.05) is 24.6 Å². The summed E-state index contributed by atoms with van der Waals surface area (Å²) in [6.07, 6.45) is 4.26. The van der Waals surface area contributed by atoms with Crippen LogP contribution in [0, 0.1) is 0 Å². The van der Waals surface area contributed by atoms with Crippen LogP contribution in [0.25, 0.3) is 10.9 Å². The van der Waals surface area contributed by atoms with Crippen LogP contribution in [0.15, 0.2) is 30.5 Å². The van der Waals surface area contributed by atoms with Crippen molar-refractivity contribution in [3.8, 4) is 0 Å². The van der Waals surface area contributed by atoms with Crippen LogP contribution in [0.4, 0.5) is 0 Å². The molecule has 1 N–H and O–H groups in total.